The lowest BCUT2D eigenvalue weighted by molar-refractivity contribution is -0.115. The molecule has 0 aliphatic carbocycles. The molecule has 0 bridgehead atoms. The highest BCUT2D eigenvalue weighted by Crippen LogP contribution is 2.45. The average molecular weight is 513 g/mol. The molecule has 4 rings (SSSR count). The van der Waals surface area contributed by atoms with Crippen LogP contribution in [0.5, 0.6) is 0 Å². The second-order valence-electron chi connectivity index (χ2n) is 9.61. The van der Waals surface area contributed by atoms with Gasteiger partial charge in [0.1, 0.15) is 0 Å². The number of anilines is 1. The van der Waals surface area contributed by atoms with Gasteiger partial charge in [-0.15, -0.1) is 0 Å². The van der Waals surface area contributed by atoms with Crippen LogP contribution in [0.15, 0.2) is 50.8 Å². The van der Waals surface area contributed by atoms with Gasteiger partial charge in [-0.25, -0.2) is 4.99 Å². The number of thioether (sulfide) groups is 1. The van der Waals surface area contributed by atoms with Gasteiger partial charge in [-0.1, -0.05) is 22.9 Å². The molecule has 2 aliphatic rings. The number of aryl methyl sites for hydroxylation is 1. The van der Waals surface area contributed by atoms with Crippen LogP contribution >= 0.6 is 27.7 Å². The van der Waals surface area contributed by atoms with Crippen LogP contribution in [0.25, 0.3) is 6.08 Å². The van der Waals surface area contributed by atoms with Crippen molar-refractivity contribution in [3.8, 4) is 0 Å². The van der Waals surface area contributed by atoms with Crippen molar-refractivity contribution in [2.45, 2.75) is 65.5 Å². The number of fused-ring (bicyclic) bond motifs is 1. The topological polar surface area (TPSA) is 44.7 Å². The van der Waals surface area contributed by atoms with Crippen LogP contribution < -0.4 is 10.2 Å². The van der Waals surface area contributed by atoms with Gasteiger partial charge in [0.25, 0.3) is 5.91 Å². The standard InChI is InChI=1S/C26H30BrN3OS/c1-15(2)30-22-11-16(3)18(12-21(22)17(4)14-26(30,5)6)13-23-24(31)29-25(32-23)28-20-9-7-19(27)8-10-20/h7-13,15,17H,14H2,1-6H3,(H,28,29,31)/b23-13-/t17-/m1/s1. The van der Waals surface area contributed by atoms with E-state index in [0.717, 1.165) is 22.1 Å². The minimum atomic E-state index is -0.0963. The van der Waals surface area contributed by atoms with E-state index in [0.29, 0.717) is 22.0 Å². The number of nitrogens with one attached hydrogen (secondary N) is 1. The minimum absolute atomic E-state index is 0.0963. The number of rotatable bonds is 3. The lowest BCUT2D eigenvalue weighted by atomic mass is 9.78. The first kappa shape index (κ1) is 23.1. The Balaban J connectivity index is 1.67. The molecule has 32 heavy (non-hydrogen) atoms. The number of aliphatic imine (C=N–C) groups is 1. The van der Waals surface area contributed by atoms with E-state index >= 15 is 0 Å². The zero-order chi connectivity index (χ0) is 23.2. The first-order valence-electron chi connectivity index (χ1n) is 11.0. The third kappa shape index (κ3) is 4.53. The van der Waals surface area contributed by atoms with Crippen molar-refractivity contribution >= 4 is 56.2 Å². The second kappa shape index (κ2) is 8.71. The van der Waals surface area contributed by atoms with Crippen molar-refractivity contribution in [3.63, 3.8) is 0 Å². The highest BCUT2D eigenvalue weighted by Gasteiger charge is 2.38. The molecule has 0 unspecified atom stereocenters. The van der Waals surface area contributed by atoms with E-state index in [9.17, 15) is 4.79 Å². The summed E-state index contributed by atoms with van der Waals surface area (Å²) in [5.74, 6) is 0.369. The zero-order valence-corrected chi connectivity index (χ0v) is 21.9. The summed E-state index contributed by atoms with van der Waals surface area (Å²) >= 11 is 4.83. The average Bonchev–Trinajstić information content (AvgIpc) is 3.02. The van der Waals surface area contributed by atoms with Gasteiger partial charge in [-0.3, -0.25) is 4.79 Å². The number of amides is 1. The molecule has 0 radical (unpaired) electrons. The van der Waals surface area contributed by atoms with Gasteiger partial charge >= 0.3 is 0 Å². The lowest BCUT2D eigenvalue weighted by Crippen LogP contribution is -2.51. The van der Waals surface area contributed by atoms with Crippen LogP contribution in [-0.4, -0.2) is 22.7 Å². The van der Waals surface area contributed by atoms with E-state index in [1.807, 2.05) is 30.3 Å². The maximum Gasteiger partial charge on any atom is 0.264 e. The fourth-order valence-corrected chi connectivity index (χ4v) is 6.10. The van der Waals surface area contributed by atoms with Crippen molar-refractivity contribution in [2.24, 2.45) is 4.99 Å². The monoisotopic (exact) mass is 511 g/mol. The van der Waals surface area contributed by atoms with E-state index in [1.165, 1.54) is 28.6 Å². The molecule has 2 aliphatic heterocycles. The summed E-state index contributed by atoms with van der Waals surface area (Å²) in [6.45, 7) is 13.6. The number of carbonyl (C=O) groups is 1. The van der Waals surface area contributed by atoms with Crippen molar-refractivity contribution in [2.75, 3.05) is 4.90 Å². The number of amidine groups is 1. The Bertz CT molecular complexity index is 1120. The van der Waals surface area contributed by atoms with Crippen LogP contribution in [0.3, 0.4) is 0 Å². The third-order valence-corrected chi connectivity index (χ3v) is 7.61. The highest BCUT2D eigenvalue weighted by atomic mass is 79.9. The molecule has 1 saturated heterocycles. The van der Waals surface area contributed by atoms with Crippen molar-refractivity contribution in [1.29, 1.82) is 0 Å². The predicted octanol–water partition coefficient (Wildman–Crippen LogP) is 7.15. The van der Waals surface area contributed by atoms with E-state index in [4.69, 9.17) is 0 Å². The van der Waals surface area contributed by atoms with Gasteiger partial charge in [0.05, 0.1) is 10.6 Å². The Morgan fingerprint density at radius 3 is 2.59 bits per heavy atom. The quantitative estimate of drug-likeness (QED) is 0.444. The van der Waals surface area contributed by atoms with Crippen LogP contribution in [-0.2, 0) is 4.79 Å². The summed E-state index contributed by atoms with van der Waals surface area (Å²) in [5, 5.41) is 3.51. The molecular formula is C26H30BrN3OS. The van der Waals surface area contributed by atoms with E-state index in [2.05, 4.69) is 84.8 Å². The molecule has 2 aromatic rings. The normalized spacial score (nSPS) is 22.6. The maximum atomic E-state index is 12.6. The lowest BCUT2D eigenvalue weighted by Gasteiger charge is -2.50. The second-order valence-corrected chi connectivity index (χ2v) is 11.6. The van der Waals surface area contributed by atoms with Crippen molar-refractivity contribution < 1.29 is 4.79 Å². The first-order valence-corrected chi connectivity index (χ1v) is 12.6. The molecule has 0 saturated carbocycles. The SMILES string of the molecule is Cc1cc2c(cc1/C=C1\SC(=Nc3ccc(Br)cc3)NC1=O)[C@H](C)CC(C)(C)N2C(C)C. The molecule has 6 heteroatoms. The van der Waals surface area contributed by atoms with Gasteiger partial charge in [0, 0.05) is 21.7 Å². The number of halogens is 1. The third-order valence-electron chi connectivity index (χ3n) is 6.17. The molecule has 4 nitrogen and oxygen atoms in total. The summed E-state index contributed by atoms with van der Waals surface area (Å²) in [6.07, 6.45) is 3.11. The first-order chi connectivity index (χ1) is 15.0. The molecule has 1 fully saturated rings. The molecule has 1 amide bonds. The van der Waals surface area contributed by atoms with Crippen LogP contribution in [0.2, 0.25) is 0 Å². The fraction of sp³-hybridized carbons (Fsp3) is 0.385. The van der Waals surface area contributed by atoms with Crippen LogP contribution in [0.4, 0.5) is 11.4 Å². The van der Waals surface area contributed by atoms with Crippen LogP contribution in [0, 0.1) is 6.92 Å². The molecule has 2 aromatic carbocycles. The highest BCUT2D eigenvalue weighted by molar-refractivity contribution is 9.10. The predicted molar refractivity (Wildman–Crippen MR) is 141 cm³/mol. The Morgan fingerprint density at radius 1 is 1.25 bits per heavy atom. The van der Waals surface area contributed by atoms with Gasteiger partial charge < -0.3 is 10.2 Å². The molecule has 1 N–H and O–H groups in total. The molecule has 168 valence electrons. The summed E-state index contributed by atoms with van der Waals surface area (Å²) < 4.78 is 1.00. The van der Waals surface area contributed by atoms with E-state index < -0.39 is 0 Å². The van der Waals surface area contributed by atoms with E-state index in [-0.39, 0.29) is 11.4 Å². The number of benzene rings is 2. The summed E-state index contributed by atoms with van der Waals surface area (Å²) in [4.78, 5) is 20.4. The smallest absolute Gasteiger partial charge is 0.264 e. The summed E-state index contributed by atoms with van der Waals surface area (Å²) in [7, 11) is 0. The number of nitrogens with zero attached hydrogens (tertiary/aromatic N) is 2. The molecule has 1 atom stereocenters. The summed E-state index contributed by atoms with van der Waals surface area (Å²) in [6, 6.07) is 12.7. The summed E-state index contributed by atoms with van der Waals surface area (Å²) in [5.41, 5.74) is 5.89. The Kier molecular flexibility index (Phi) is 6.29. The molecule has 2 heterocycles. The largest absolute Gasteiger partial charge is 0.364 e. The van der Waals surface area contributed by atoms with Gasteiger partial charge in [0.2, 0.25) is 0 Å². The van der Waals surface area contributed by atoms with Crippen molar-refractivity contribution in [3.05, 3.63) is 62.5 Å². The Morgan fingerprint density at radius 2 is 1.94 bits per heavy atom. The Labute approximate surface area is 203 Å². The Hall–Kier alpha value is -2.05. The molecule has 0 spiro atoms. The number of hydrogen-bond donors (Lipinski definition) is 1. The maximum absolute atomic E-state index is 12.6. The molecular weight excluding hydrogens is 482 g/mol. The number of carbonyl (C=O) groups excluding carboxylic acids is 1. The fourth-order valence-electron chi connectivity index (χ4n) is 5.00. The zero-order valence-electron chi connectivity index (χ0n) is 19.5. The van der Waals surface area contributed by atoms with Gasteiger partial charge in [0.15, 0.2) is 5.17 Å². The van der Waals surface area contributed by atoms with Crippen LogP contribution in [0.1, 0.15) is 63.6 Å². The van der Waals surface area contributed by atoms with Gasteiger partial charge in [-0.2, -0.15) is 0 Å². The molecule has 0 aromatic heterocycles. The van der Waals surface area contributed by atoms with Gasteiger partial charge in [-0.05, 0) is 118 Å². The number of hydrogen-bond acceptors (Lipinski definition) is 4. The van der Waals surface area contributed by atoms with Crippen molar-refractivity contribution in [1.82, 2.24) is 5.32 Å². The van der Waals surface area contributed by atoms with E-state index in [1.54, 1.807) is 0 Å². The minimum Gasteiger partial charge on any atom is -0.364 e.